The molecule has 1 aliphatic rings. The Bertz CT molecular complexity index is 674. The van der Waals surface area contributed by atoms with Crippen molar-refractivity contribution in [2.45, 2.75) is 39.0 Å². The lowest BCUT2D eigenvalue weighted by Gasteiger charge is -2.38. The molecule has 5 heteroatoms. The highest BCUT2D eigenvalue weighted by molar-refractivity contribution is 5.39. The number of nitrogens with one attached hydrogen (secondary N) is 1. The molecule has 1 fully saturated rings. The monoisotopic (exact) mass is 341 g/mol. The average molecular weight is 341 g/mol. The molecular formula is C20H27N3O2. The number of benzene rings is 1. The molecule has 0 amide bonds. The smallest absolute Gasteiger partial charge is 0.129 e. The Labute approximate surface area is 149 Å². The molecule has 25 heavy (non-hydrogen) atoms. The Kier molecular flexibility index (Phi) is 5.53. The molecular weight excluding hydrogens is 314 g/mol. The molecule has 0 atom stereocenters. The predicted molar refractivity (Wildman–Crippen MR) is 99.3 cm³/mol. The van der Waals surface area contributed by atoms with Crippen LogP contribution in [0.25, 0.3) is 0 Å². The number of hydrogen-bond acceptors (Lipinski definition) is 5. The van der Waals surface area contributed by atoms with Crippen LogP contribution in [-0.2, 0) is 10.2 Å². The molecule has 2 heterocycles. The lowest BCUT2D eigenvalue weighted by atomic mass is 9.74. The molecule has 134 valence electrons. The van der Waals surface area contributed by atoms with E-state index in [0.29, 0.717) is 6.61 Å². The maximum Gasteiger partial charge on any atom is 0.129 e. The summed E-state index contributed by atoms with van der Waals surface area (Å²) in [6.45, 7) is 9.02. The van der Waals surface area contributed by atoms with Gasteiger partial charge in [-0.3, -0.25) is 0 Å². The largest absolute Gasteiger partial charge is 0.494 e. The van der Waals surface area contributed by atoms with Gasteiger partial charge in [0.2, 0.25) is 0 Å². The van der Waals surface area contributed by atoms with E-state index in [1.807, 2.05) is 26.8 Å². The van der Waals surface area contributed by atoms with Crippen molar-refractivity contribution in [1.29, 1.82) is 0 Å². The SMILES string of the molecule is CCOc1ccc(C2(CNc3cc(C)nc(C)n3)CCOCC2)cc1. The van der Waals surface area contributed by atoms with Gasteiger partial charge in [-0.15, -0.1) is 0 Å². The summed E-state index contributed by atoms with van der Waals surface area (Å²) in [5, 5.41) is 3.54. The van der Waals surface area contributed by atoms with Gasteiger partial charge in [-0.1, -0.05) is 12.1 Å². The highest BCUT2D eigenvalue weighted by atomic mass is 16.5. The molecule has 1 saturated heterocycles. The highest BCUT2D eigenvalue weighted by Gasteiger charge is 2.34. The fourth-order valence-electron chi connectivity index (χ4n) is 3.47. The number of aryl methyl sites for hydroxylation is 2. The van der Waals surface area contributed by atoms with Crippen molar-refractivity contribution >= 4 is 5.82 Å². The van der Waals surface area contributed by atoms with Gasteiger partial charge in [-0.25, -0.2) is 9.97 Å². The van der Waals surface area contributed by atoms with E-state index in [1.54, 1.807) is 0 Å². The van der Waals surface area contributed by atoms with Crippen LogP contribution in [-0.4, -0.2) is 36.3 Å². The molecule has 1 aliphatic heterocycles. The molecule has 0 bridgehead atoms. The standard InChI is InChI=1S/C20H27N3O2/c1-4-25-18-7-5-17(6-8-18)20(9-11-24-12-10-20)14-21-19-13-15(2)22-16(3)23-19/h5-8,13H,4,9-12,14H2,1-3H3,(H,21,22,23). The van der Waals surface area contributed by atoms with Crippen molar-refractivity contribution < 1.29 is 9.47 Å². The first kappa shape index (κ1) is 17.7. The number of ether oxygens (including phenoxy) is 2. The lowest BCUT2D eigenvalue weighted by Crippen LogP contribution is -2.40. The lowest BCUT2D eigenvalue weighted by molar-refractivity contribution is 0.0543. The van der Waals surface area contributed by atoms with E-state index in [-0.39, 0.29) is 5.41 Å². The average Bonchev–Trinajstić information content (AvgIpc) is 2.61. The zero-order valence-electron chi connectivity index (χ0n) is 15.3. The molecule has 0 spiro atoms. The summed E-state index contributed by atoms with van der Waals surface area (Å²) in [4.78, 5) is 8.85. The second kappa shape index (κ2) is 7.83. The maximum absolute atomic E-state index is 5.62. The summed E-state index contributed by atoms with van der Waals surface area (Å²) in [7, 11) is 0. The predicted octanol–water partition coefficient (Wildman–Crippen LogP) is 3.65. The van der Waals surface area contributed by atoms with E-state index in [0.717, 1.165) is 55.7 Å². The quantitative estimate of drug-likeness (QED) is 0.869. The second-order valence-electron chi connectivity index (χ2n) is 6.65. The van der Waals surface area contributed by atoms with Gasteiger partial charge in [0.1, 0.15) is 17.4 Å². The summed E-state index contributed by atoms with van der Waals surface area (Å²) in [5.41, 5.74) is 2.36. The minimum absolute atomic E-state index is 0.0513. The first-order valence-electron chi connectivity index (χ1n) is 8.98. The summed E-state index contributed by atoms with van der Waals surface area (Å²) >= 11 is 0. The van der Waals surface area contributed by atoms with Crippen molar-refractivity contribution in [2.75, 3.05) is 31.7 Å². The van der Waals surface area contributed by atoms with Crippen molar-refractivity contribution in [3.63, 3.8) is 0 Å². The Hall–Kier alpha value is -2.14. The van der Waals surface area contributed by atoms with Crippen LogP contribution in [0.1, 0.15) is 36.8 Å². The minimum atomic E-state index is 0.0513. The number of hydrogen-bond donors (Lipinski definition) is 1. The fourth-order valence-corrected chi connectivity index (χ4v) is 3.47. The third kappa shape index (κ3) is 4.28. The Morgan fingerprint density at radius 2 is 1.84 bits per heavy atom. The van der Waals surface area contributed by atoms with Gasteiger partial charge in [0, 0.05) is 36.9 Å². The van der Waals surface area contributed by atoms with E-state index in [9.17, 15) is 0 Å². The summed E-state index contributed by atoms with van der Waals surface area (Å²) in [6.07, 6.45) is 1.99. The summed E-state index contributed by atoms with van der Waals surface area (Å²) in [6, 6.07) is 10.5. The van der Waals surface area contributed by atoms with Crippen molar-refractivity contribution in [3.8, 4) is 5.75 Å². The topological polar surface area (TPSA) is 56.3 Å². The zero-order valence-corrected chi connectivity index (χ0v) is 15.3. The van der Waals surface area contributed by atoms with E-state index in [1.165, 1.54) is 5.56 Å². The van der Waals surface area contributed by atoms with Gasteiger partial charge in [0.25, 0.3) is 0 Å². The number of nitrogens with zero attached hydrogens (tertiary/aromatic N) is 2. The van der Waals surface area contributed by atoms with E-state index in [2.05, 4.69) is 39.6 Å². The van der Waals surface area contributed by atoms with Gasteiger partial charge < -0.3 is 14.8 Å². The van der Waals surface area contributed by atoms with Gasteiger partial charge in [-0.2, -0.15) is 0 Å². The van der Waals surface area contributed by atoms with Gasteiger partial charge >= 0.3 is 0 Å². The van der Waals surface area contributed by atoms with E-state index < -0.39 is 0 Å². The van der Waals surface area contributed by atoms with Crippen LogP contribution in [0.15, 0.2) is 30.3 Å². The van der Waals surface area contributed by atoms with E-state index in [4.69, 9.17) is 9.47 Å². The number of aromatic nitrogens is 2. The third-order valence-corrected chi connectivity index (χ3v) is 4.80. The minimum Gasteiger partial charge on any atom is -0.494 e. The Morgan fingerprint density at radius 3 is 2.48 bits per heavy atom. The van der Waals surface area contributed by atoms with Crippen LogP contribution < -0.4 is 10.1 Å². The van der Waals surface area contributed by atoms with Crippen LogP contribution in [0.2, 0.25) is 0 Å². The molecule has 3 rings (SSSR count). The molecule has 1 aromatic heterocycles. The van der Waals surface area contributed by atoms with Crippen LogP contribution in [0.4, 0.5) is 5.82 Å². The van der Waals surface area contributed by atoms with Gasteiger partial charge in [-0.05, 0) is 51.3 Å². The summed E-state index contributed by atoms with van der Waals surface area (Å²) in [5.74, 6) is 2.61. The Morgan fingerprint density at radius 1 is 1.12 bits per heavy atom. The molecule has 1 aromatic carbocycles. The molecule has 0 aliphatic carbocycles. The zero-order chi connectivity index (χ0) is 17.7. The van der Waals surface area contributed by atoms with Crippen LogP contribution in [0.5, 0.6) is 5.75 Å². The van der Waals surface area contributed by atoms with Gasteiger partial charge in [0.15, 0.2) is 0 Å². The van der Waals surface area contributed by atoms with Crippen LogP contribution >= 0.6 is 0 Å². The number of anilines is 1. The van der Waals surface area contributed by atoms with Crippen molar-refractivity contribution in [1.82, 2.24) is 9.97 Å². The van der Waals surface area contributed by atoms with Crippen LogP contribution in [0.3, 0.4) is 0 Å². The van der Waals surface area contributed by atoms with Crippen molar-refractivity contribution in [2.24, 2.45) is 0 Å². The normalized spacial score (nSPS) is 16.4. The maximum atomic E-state index is 5.62. The van der Waals surface area contributed by atoms with Crippen LogP contribution in [0, 0.1) is 13.8 Å². The molecule has 0 radical (unpaired) electrons. The highest BCUT2D eigenvalue weighted by Crippen LogP contribution is 2.36. The van der Waals surface area contributed by atoms with Gasteiger partial charge in [0.05, 0.1) is 6.61 Å². The van der Waals surface area contributed by atoms with E-state index >= 15 is 0 Å². The third-order valence-electron chi connectivity index (χ3n) is 4.80. The molecule has 2 aromatic rings. The second-order valence-corrected chi connectivity index (χ2v) is 6.65. The molecule has 0 saturated carbocycles. The first-order valence-corrected chi connectivity index (χ1v) is 8.98. The molecule has 1 N–H and O–H groups in total. The molecule has 0 unspecified atom stereocenters. The Balaban J connectivity index is 1.80. The summed E-state index contributed by atoms with van der Waals surface area (Å²) < 4.78 is 11.2. The first-order chi connectivity index (χ1) is 12.1. The number of rotatable bonds is 6. The fraction of sp³-hybridized carbons (Fsp3) is 0.500. The molecule has 5 nitrogen and oxygen atoms in total. The van der Waals surface area contributed by atoms with Crippen molar-refractivity contribution in [3.05, 3.63) is 47.4 Å².